The van der Waals surface area contributed by atoms with Gasteiger partial charge in [0, 0.05) is 17.4 Å². The second-order valence-electron chi connectivity index (χ2n) is 4.95. The van der Waals surface area contributed by atoms with Crippen LogP contribution in [0, 0.1) is 13.8 Å². The number of ether oxygens (including phenoxy) is 1. The number of carbonyl (C=O) groups excluding carboxylic acids is 1. The summed E-state index contributed by atoms with van der Waals surface area (Å²) >= 11 is 1.67. The molecule has 0 saturated carbocycles. The number of benzene rings is 1. The second kappa shape index (κ2) is 7.93. The molecule has 6 heteroatoms. The molecule has 1 aromatic carbocycles. The highest BCUT2D eigenvalue weighted by molar-refractivity contribution is 7.98. The van der Waals surface area contributed by atoms with Gasteiger partial charge in [-0.15, -0.1) is 0 Å². The van der Waals surface area contributed by atoms with E-state index in [4.69, 9.17) is 9.84 Å². The van der Waals surface area contributed by atoms with Crippen molar-refractivity contribution >= 4 is 23.6 Å². The zero-order valence-electron chi connectivity index (χ0n) is 12.7. The van der Waals surface area contributed by atoms with Gasteiger partial charge in [0.05, 0.1) is 0 Å². The minimum atomic E-state index is -1.03. The Morgan fingerprint density at radius 2 is 1.90 bits per heavy atom. The predicted octanol–water partition coefficient (Wildman–Crippen LogP) is 2.25. The van der Waals surface area contributed by atoms with Crippen molar-refractivity contribution in [2.45, 2.75) is 26.8 Å². The van der Waals surface area contributed by atoms with E-state index >= 15 is 0 Å². The van der Waals surface area contributed by atoms with E-state index in [0.717, 1.165) is 16.9 Å². The minimum absolute atomic E-state index is 0.0936. The molecule has 0 fully saturated rings. The maximum absolute atomic E-state index is 12.2. The van der Waals surface area contributed by atoms with Crippen LogP contribution in [0.1, 0.15) is 28.4 Å². The standard InChI is InChI=1S/C15H21NO4S/c1-9-5-12(15(19)16-11(3)8-21-4)6-10(2)14(9)20-7-13(17)18/h5-6,11H,7-8H2,1-4H3,(H,16,19)(H,17,18). The van der Waals surface area contributed by atoms with Gasteiger partial charge >= 0.3 is 5.97 Å². The maximum Gasteiger partial charge on any atom is 0.341 e. The Morgan fingerprint density at radius 3 is 2.38 bits per heavy atom. The molecule has 5 nitrogen and oxygen atoms in total. The lowest BCUT2D eigenvalue weighted by Crippen LogP contribution is -2.34. The lowest BCUT2D eigenvalue weighted by Gasteiger charge is -2.15. The van der Waals surface area contributed by atoms with Gasteiger partial charge in [0.1, 0.15) is 5.75 Å². The zero-order chi connectivity index (χ0) is 16.0. The molecule has 0 aliphatic rings. The molecule has 2 N–H and O–H groups in total. The van der Waals surface area contributed by atoms with Crippen molar-refractivity contribution in [3.05, 3.63) is 28.8 Å². The first-order chi connectivity index (χ1) is 9.85. The molecule has 1 rings (SSSR count). The van der Waals surface area contributed by atoms with Gasteiger partial charge in [-0.05, 0) is 50.3 Å². The number of carbonyl (C=O) groups is 2. The van der Waals surface area contributed by atoms with Crippen LogP contribution in [0.2, 0.25) is 0 Å². The molecule has 0 aliphatic carbocycles. The van der Waals surface area contributed by atoms with E-state index in [-0.39, 0.29) is 11.9 Å². The van der Waals surface area contributed by atoms with Crippen LogP contribution in [0.3, 0.4) is 0 Å². The highest BCUT2D eigenvalue weighted by atomic mass is 32.2. The largest absolute Gasteiger partial charge is 0.481 e. The Labute approximate surface area is 129 Å². The van der Waals surface area contributed by atoms with Gasteiger partial charge in [0.15, 0.2) is 6.61 Å². The summed E-state index contributed by atoms with van der Waals surface area (Å²) in [5.41, 5.74) is 2.05. The third-order valence-electron chi connectivity index (χ3n) is 2.86. The zero-order valence-corrected chi connectivity index (χ0v) is 13.5. The van der Waals surface area contributed by atoms with Gasteiger partial charge in [0.2, 0.25) is 0 Å². The minimum Gasteiger partial charge on any atom is -0.481 e. The first kappa shape index (κ1) is 17.4. The number of aryl methyl sites for hydroxylation is 2. The molecule has 0 bridgehead atoms. The highest BCUT2D eigenvalue weighted by Crippen LogP contribution is 2.25. The van der Waals surface area contributed by atoms with E-state index in [1.807, 2.05) is 13.2 Å². The molecule has 116 valence electrons. The summed E-state index contributed by atoms with van der Waals surface area (Å²) in [5.74, 6) is 0.212. The van der Waals surface area contributed by atoms with Gasteiger partial charge in [-0.25, -0.2) is 4.79 Å². The van der Waals surface area contributed by atoms with Crippen molar-refractivity contribution < 1.29 is 19.4 Å². The summed E-state index contributed by atoms with van der Waals surface area (Å²) in [7, 11) is 0. The highest BCUT2D eigenvalue weighted by Gasteiger charge is 2.14. The van der Waals surface area contributed by atoms with E-state index in [9.17, 15) is 9.59 Å². The van der Waals surface area contributed by atoms with Crippen LogP contribution in [0.15, 0.2) is 12.1 Å². The topological polar surface area (TPSA) is 75.6 Å². The van der Waals surface area contributed by atoms with Crippen LogP contribution >= 0.6 is 11.8 Å². The number of amides is 1. The first-order valence-electron chi connectivity index (χ1n) is 6.60. The molecule has 1 atom stereocenters. The van der Waals surface area contributed by atoms with Gasteiger partial charge in [0.25, 0.3) is 5.91 Å². The molecule has 0 spiro atoms. The maximum atomic E-state index is 12.2. The lowest BCUT2D eigenvalue weighted by molar-refractivity contribution is -0.139. The van der Waals surface area contributed by atoms with Crippen LogP contribution in [-0.2, 0) is 4.79 Å². The Morgan fingerprint density at radius 1 is 1.33 bits per heavy atom. The van der Waals surface area contributed by atoms with Gasteiger partial charge in [-0.3, -0.25) is 4.79 Å². The molecular weight excluding hydrogens is 290 g/mol. The Bertz CT molecular complexity index is 507. The van der Waals surface area contributed by atoms with E-state index in [0.29, 0.717) is 11.3 Å². The molecular formula is C15H21NO4S. The summed E-state index contributed by atoms with van der Waals surface area (Å²) in [6.07, 6.45) is 1.99. The third kappa shape index (κ3) is 5.30. The molecule has 1 amide bonds. The molecule has 0 saturated heterocycles. The van der Waals surface area contributed by atoms with Crippen molar-refractivity contribution in [1.82, 2.24) is 5.32 Å². The second-order valence-corrected chi connectivity index (χ2v) is 5.86. The summed E-state index contributed by atoms with van der Waals surface area (Å²) in [4.78, 5) is 22.7. The summed E-state index contributed by atoms with van der Waals surface area (Å²) in [6.45, 7) is 5.16. The molecule has 1 aromatic rings. The molecule has 0 aromatic heterocycles. The van der Waals surface area contributed by atoms with Crippen LogP contribution in [0.25, 0.3) is 0 Å². The van der Waals surface area contributed by atoms with E-state index < -0.39 is 12.6 Å². The van der Waals surface area contributed by atoms with Crippen LogP contribution in [0.5, 0.6) is 5.75 Å². The molecule has 0 aliphatic heterocycles. The average molecular weight is 311 g/mol. The molecule has 1 unspecified atom stereocenters. The van der Waals surface area contributed by atoms with Gasteiger partial charge in [-0.2, -0.15) is 11.8 Å². The fourth-order valence-electron chi connectivity index (χ4n) is 2.04. The number of nitrogens with one attached hydrogen (secondary N) is 1. The molecule has 0 radical (unpaired) electrons. The van der Waals surface area contributed by atoms with Crippen LogP contribution in [-0.4, -0.2) is 41.6 Å². The number of rotatable bonds is 7. The Hall–Kier alpha value is -1.69. The lowest BCUT2D eigenvalue weighted by atomic mass is 10.0. The number of hydrogen-bond donors (Lipinski definition) is 2. The average Bonchev–Trinajstić information content (AvgIpc) is 2.37. The smallest absolute Gasteiger partial charge is 0.341 e. The van der Waals surface area contributed by atoms with E-state index in [1.165, 1.54) is 0 Å². The van der Waals surface area contributed by atoms with Crippen molar-refractivity contribution in [3.63, 3.8) is 0 Å². The van der Waals surface area contributed by atoms with E-state index in [1.54, 1.807) is 37.7 Å². The number of thioether (sulfide) groups is 1. The number of aliphatic carboxylic acids is 1. The molecule has 0 heterocycles. The quantitative estimate of drug-likeness (QED) is 0.808. The monoisotopic (exact) mass is 311 g/mol. The fourth-order valence-corrected chi connectivity index (χ4v) is 2.63. The van der Waals surface area contributed by atoms with Crippen molar-refractivity contribution in [2.24, 2.45) is 0 Å². The van der Waals surface area contributed by atoms with Crippen molar-refractivity contribution in [1.29, 1.82) is 0 Å². The Balaban J connectivity index is 2.86. The SMILES string of the molecule is CSCC(C)NC(=O)c1cc(C)c(OCC(=O)O)c(C)c1. The van der Waals surface area contributed by atoms with Gasteiger partial charge in [-0.1, -0.05) is 0 Å². The predicted molar refractivity (Wildman–Crippen MR) is 84.4 cm³/mol. The van der Waals surface area contributed by atoms with Crippen LogP contribution in [0.4, 0.5) is 0 Å². The summed E-state index contributed by atoms with van der Waals surface area (Å²) in [5, 5.41) is 11.6. The first-order valence-corrected chi connectivity index (χ1v) is 8.00. The summed E-state index contributed by atoms with van der Waals surface area (Å²) < 4.78 is 5.25. The van der Waals surface area contributed by atoms with Crippen molar-refractivity contribution in [3.8, 4) is 5.75 Å². The Kier molecular flexibility index (Phi) is 6.55. The van der Waals surface area contributed by atoms with Crippen molar-refractivity contribution in [2.75, 3.05) is 18.6 Å². The number of hydrogen-bond acceptors (Lipinski definition) is 4. The summed E-state index contributed by atoms with van der Waals surface area (Å²) in [6, 6.07) is 3.52. The number of carboxylic acid groups (broad SMARTS) is 1. The number of carboxylic acids is 1. The van der Waals surface area contributed by atoms with Gasteiger partial charge < -0.3 is 15.2 Å². The molecule has 21 heavy (non-hydrogen) atoms. The van der Waals surface area contributed by atoms with Crippen LogP contribution < -0.4 is 10.1 Å². The van der Waals surface area contributed by atoms with E-state index in [2.05, 4.69) is 5.32 Å². The third-order valence-corrected chi connectivity index (χ3v) is 3.69. The fraction of sp³-hybridized carbons (Fsp3) is 0.467. The normalized spacial score (nSPS) is 11.8.